The summed E-state index contributed by atoms with van der Waals surface area (Å²) in [6, 6.07) is 4.11. The van der Waals surface area contributed by atoms with E-state index in [0.29, 0.717) is 18.2 Å². The van der Waals surface area contributed by atoms with Crippen molar-refractivity contribution in [2.45, 2.75) is 38.3 Å². The Balaban J connectivity index is 1.71. The van der Waals surface area contributed by atoms with Crippen LogP contribution in [0.5, 0.6) is 0 Å². The van der Waals surface area contributed by atoms with E-state index in [1.807, 2.05) is 0 Å². The fraction of sp³-hybridized carbons (Fsp3) is 0.571. The minimum Gasteiger partial charge on any atom is -0.309 e. The number of nitrogens with one attached hydrogen (secondary N) is 1. The van der Waals surface area contributed by atoms with Crippen molar-refractivity contribution >= 4 is 5.69 Å². The van der Waals surface area contributed by atoms with Gasteiger partial charge < -0.3 is 5.32 Å². The molecule has 4 nitrogen and oxygen atoms in total. The first-order valence-corrected chi connectivity index (χ1v) is 6.81. The minimum atomic E-state index is -0.445. The van der Waals surface area contributed by atoms with Crippen LogP contribution in [0.25, 0.3) is 0 Å². The molecule has 2 fully saturated rings. The van der Waals surface area contributed by atoms with Crippen molar-refractivity contribution in [1.82, 2.24) is 5.32 Å². The Bertz CT molecular complexity index is 486. The average molecular weight is 264 g/mol. The number of hydrogen-bond donors (Lipinski definition) is 1. The van der Waals surface area contributed by atoms with E-state index in [0.717, 1.165) is 17.9 Å². The van der Waals surface area contributed by atoms with Gasteiger partial charge in [0.2, 0.25) is 0 Å². The quantitative estimate of drug-likeness (QED) is 0.634. The summed E-state index contributed by atoms with van der Waals surface area (Å²) in [4.78, 5) is 10.5. The van der Waals surface area contributed by atoms with Crippen molar-refractivity contribution in [2.75, 3.05) is 0 Å². The first-order valence-electron chi connectivity index (χ1n) is 6.81. The second kappa shape index (κ2) is 4.89. The van der Waals surface area contributed by atoms with Crippen LogP contribution in [0.4, 0.5) is 10.1 Å². The lowest BCUT2D eigenvalue weighted by molar-refractivity contribution is -0.385. The number of nitrogens with zero attached hydrogens (tertiary/aromatic N) is 1. The van der Waals surface area contributed by atoms with Gasteiger partial charge in [0.25, 0.3) is 5.69 Å². The van der Waals surface area contributed by atoms with E-state index in [2.05, 4.69) is 5.32 Å². The number of halogens is 1. The van der Waals surface area contributed by atoms with Gasteiger partial charge in [-0.1, -0.05) is 0 Å². The molecule has 1 aromatic carbocycles. The maximum absolute atomic E-state index is 13.2. The van der Waals surface area contributed by atoms with Crippen molar-refractivity contribution in [3.05, 3.63) is 39.7 Å². The van der Waals surface area contributed by atoms with Gasteiger partial charge in [-0.15, -0.1) is 0 Å². The van der Waals surface area contributed by atoms with E-state index in [1.54, 1.807) is 0 Å². The van der Waals surface area contributed by atoms with Crippen molar-refractivity contribution in [3.63, 3.8) is 0 Å². The highest BCUT2D eigenvalue weighted by atomic mass is 19.1. The molecule has 1 aromatic rings. The molecule has 2 aliphatic carbocycles. The first kappa shape index (κ1) is 12.5. The van der Waals surface area contributed by atoms with E-state index in [4.69, 9.17) is 0 Å². The normalized spacial score (nSPS) is 18.8. The van der Waals surface area contributed by atoms with Gasteiger partial charge in [0.05, 0.1) is 4.92 Å². The number of rotatable bonds is 6. The van der Waals surface area contributed by atoms with Gasteiger partial charge in [-0.05, 0) is 49.7 Å². The Morgan fingerprint density at radius 3 is 2.47 bits per heavy atom. The maximum Gasteiger partial charge on any atom is 0.274 e. The van der Waals surface area contributed by atoms with Crippen LogP contribution in [0, 0.1) is 27.8 Å². The Morgan fingerprint density at radius 1 is 1.32 bits per heavy atom. The molecule has 0 bridgehead atoms. The number of nitro groups is 1. The van der Waals surface area contributed by atoms with Crippen LogP contribution >= 0.6 is 0 Å². The van der Waals surface area contributed by atoms with Crippen LogP contribution in [-0.4, -0.2) is 11.0 Å². The lowest BCUT2D eigenvalue weighted by atomic mass is 10.1. The average Bonchev–Trinajstić information content (AvgIpc) is 3.24. The van der Waals surface area contributed by atoms with Gasteiger partial charge in [0.1, 0.15) is 5.82 Å². The summed E-state index contributed by atoms with van der Waals surface area (Å²) < 4.78 is 13.2. The van der Waals surface area contributed by atoms with E-state index >= 15 is 0 Å². The molecule has 0 unspecified atom stereocenters. The van der Waals surface area contributed by atoms with E-state index in [-0.39, 0.29) is 5.69 Å². The van der Waals surface area contributed by atoms with Crippen LogP contribution in [0.2, 0.25) is 0 Å². The monoisotopic (exact) mass is 264 g/mol. The van der Waals surface area contributed by atoms with Gasteiger partial charge in [-0.3, -0.25) is 10.1 Å². The molecule has 2 aliphatic rings. The molecule has 0 atom stereocenters. The molecule has 5 heteroatoms. The lowest BCUT2D eigenvalue weighted by Crippen LogP contribution is -2.32. The third-order valence-electron chi connectivity index (χ3n) is 4.03. The summed E-state index contributed by atoms with van der Waals surface area (Å²) in [5.74, 6) is 1.03. The Hall–Kier alpha value is -1.49. The Labute approximate surface area is 111 Å². The first-order chi connectivity index (χ1) is 9.15. The largest absolute Gasteiger partial charge is 0.309 e. The fourth-order valence-corrected chi connectivity index (χ4v) is 2.73. The standard InChI is InChI=1S/C14H17FN2O2/c15-12-5-6-13(17(18)19)11(7-12)8-16-14(9-1-2-9)10-3-4-10/h5-7,9-10,14,16H,1-4,8H2. The molecular formula is C14H17FN2O2. The van der Waals surface area contributed by atoms with Crippen molar-refractivity contribution in [3.8, 4) is 0 Å². The summed E-state index contributed by atoms with van der Waals surface area (Å²) in [5, 5.41) is 14.3. The molecule has 0 spiro atoms. The minimum absolute atomic E-state index is 0.000700. The second-order valence-corrected chi connectivity index (χ2v) is 5.61. The SMILES string of the molecule is O=[N+]([O-])c1ccc(F)cc1CNC(C1CC1)C1CC1. The van der Waals surface area contributed by atoms with Crippen molar-refractivity contribution in [2.24, 2.45) is 11.8 Å². The van der Waals surface area contributed by atoms with Crippen LogP contribution in [0.15, 0.2) is 18.2 Å². The van der Waals surface area contributed by atoms with Crippen LogP contribution in [-0.2, 0) is 6.54 Å². The number of benzene rings is 1. The molecular weight excluding hydrogens is 247 g/mol. The second-order valence-electron chi connectivity index (χ2n) is 5.61. The van der Waals surface area contributed by atoms with Crippen LogP contribution in [0.3, 0.4) is 0 Å². The zero-order chi connectivity index (χ0) is 13.4. The van der Waals surface area contributed by atoms with E-state index in [9.17, 15) is 14.5 Å². The van der Waals surface area contributed by atoms with Gasteiger partial charge in [0.15, 0.2) is 0 Å². The van der Waals surface area contributed by atoms with Gasteiger partial charge in [-0.25, -0.2) is 4.39 Å². The summed E-state index contributed by atoms with van der Waals surface area (Å²) in [7, 11) is 0. The molecule has 0 heterocycles. The lowest BCUT2D eigenvalue weighted by Gasteiger charge is -2.17. The molecule has 0 radical (unpaired) electrons. The zero-order valence-electron chi connectivity index (χ0n) is 10.6. The molecule has 19 heavy (non-hydrogen) atoms. The van der Waals surface area contributed by atoms with Gasteiger partial charge in [-0.2, -0.15) is 0 Å². The molecule has 3 rings (SSSR count). The summed E-state index contributed by atoms with van der Waals surface area (Å²) in [6.45, 7) is 0.381. The maximum atomic E-state index is 13.2. The molecule has 0 aliphatic heterocycles. The predicted octanol–water partition coefficient (Wildman–Crippen LogP) is 3.01. The summed E-state index contributed by atoms with van der Waals surface area (Å²) >= 11 is 0. The Kier molecular flexibility index (Phi) is 3.22. The highest BCUT2D eigenvalue weighted by molar-refractivity contribution is 5.40. The van der Waals surface area contributed by atoms with Gasteiger partial charge in [0, 0.05) is 24.2 Å². The zero-order valence-corrected chi connectivity index (χ0v) is 10.6. The van der Waals surface area contributed by atoms with E-state index in [1.165, 1.54) is 37.8 Å². The van der Waals surface area contributed by atoms with Crippen LogP contribution in [0.1, 0.15) is 31.2 Å². The van der Waals surface area contributed by atoms with Crippen molar-refractivity contribution < 1.29 is 9.31 Å². The highest BCUT2D eigenvalue weighted by Gasteiger charge is 2.41. The van der Waals surface area contributed by atoms with Gasteiger partial charge >= 0.3 is 0 Å². The smallest absolute Gasteiger partial charge is 0.274 e. The van der Waals surface area contributed by atoms with Crippen LogP contribution < -0.4 is 5.32 Å². The number of hydrogen-bond acceptors (Lipinski definition) is 3. The summed E-state index contributed by atoms with van der Waals surface area (Å²) in [5.41, 5.74) is 0.440. The summed E-state index contributed by atoms with van der Waals surface area (Å²) in [6.07, 6.45) is 5.00. The molecule has 102 valence electrons. The number of nitro benzene ring substituents is 1. The van der Waals surface area contributed by atoms with E-state index < -0.39 is 10.7 Å². The molecule has 2 saturated carbocycles. The fourth-order valence-electron chi connectivity index (χ4n) is 2.73. The molecule has 0 saturated heterocycles. The third-order valence-corrected chi connectivity index (χ3v) is 4.03. The van der Waals surface area contributed by atoms with Crippen molar-refractivity contribution in [1.29, 1.82) is 0 Å². The molecule has 0 aromatic heterocycles. The highest BCUT2D eigenvalue weighted by Crippen LogP contribution is 2.44. The molecule has 0 amide bonds. The Morgan fingerprint density at radius 2 is 1.95 bits per heavy atom. The molecule has 1 N–H and O–H groups in total. The topological polar surface area (TPSA) is 55.2 Å². The predicted molar refractivity (Wildman–Crippen MR) is 69.1 cm³/mol. The third kappa shape index (κ3) is 2.92.